The van der Waals surface area contributed by atoms with Crippen LogP contribution in [-0.2, 0) is 14.3 Å². The second-order valence-corrected chi connectivity index (χ2v) is 10.0. The Morgan fingerprint density at radius 1 is 1.08 bits per heavy atom. The highest BCUT2D eigenvalue weighted by atomic mass is 16.5. The number of hydrogen-bond acceptors (Lipinski definition) is 3. The van der Waals surface area contributed by atoms with Gasteiger partial charge in [-0.1, -0.05) is 25.5 Å². The minimum Gasteiger partial charge on any atom is -0.463 e. The molecule has 3 fully saturated rings. The highest BCUT2D eigenvalue weighted by Gasteiger charge is 2.58. The number of rotatable bonds is 2. The Morgan fingerprint density at radius 3 is 2.54 bits per heavy atom. The molecule has 0 aromatic heterocycles. The van der Waals surface area contributed by atoms with Gasteiger partial charge in [-0.3, -0.25) is 9.59 Å². The second-order valence-electron chi connectivity index (χ2n) is 10.0. The SMILES string of the molecule is CC(=O)OC1CCC2(C)C3=CCC4(C)C(C(C)=O)CCC4C3CCC2C1. The second kappa shape index (κ2) is 6.21. The van der Waals surface area contributed by atoms with Crippen molar-refractivity contribution in [2.45, 2.75) is 85.2 Å². The van der Waals surface area contributed by atoms with E-state index in [-0.39, 0.29) is 28.8 Å². The summed E-state index contributed by atoms with van der Waals surface area (Å²) in [6.07, 6.45) is 11.7. The van der Waals surface area contributed by atoms with Crippen molar-refractivity contribution in [1.29, 1.82) is 0 Å². The third-order valence-corrected chi connectivity index (χ3v) is 8.80. The summed E-state index contributed by atoms with van der Waals surface area (Å²) in [5.41, 5.74) is 2.15. The molecule has 3 saturated carbocycles. The summed E-state index contributed by atoms with van der Waals surface area (Å²) in [6, 6.07) is 0. The molecule has 3 nitrogen and oxygen atoms in total. The molecule has 0 aromatic carbocycles. The molecule has 0 heterocycles. The molecule has 0 amide bonds. The Balaban J connectivity index is 1.59. The molecule has 26 heavy (non-hydrogen) atoms. The number of Topliss-reactive ketones (excluding diaryl/α,β-unsaturated/α-hetero) is 1. The van der Waals surface area contributed by atoms with Crippen LogP contribution in [-0.4, -0.2) is 17.9 Å². The van der Waals surface area contributed by atoms with Crippen LogP contribution in [0.2, 0.25) is 0 Å². The smallest absolute Gasteiger partial charge is 0.302 e. The van der Waals surface area contributed by atoms with Crippen LogP contribution in [0.1, 0.15) is 79.1 Å². The summed E-state index contributed by atoms with van der Waals surface area (Å²) in [7, 11) is 0. The molecule has 7 unspecified atom stereocenters. The van der Waals surface area contributed by atoms with Gasteiger partial charge in [0.1, 0.15) is 11.9 Å². The van der Waals surface area contributed by atoms with E-state index in [1.165, 1.54) is 26.2 Å². The van der Waals surface area contributed by atoms with E-state index in [1.54, 1.807) is 12.5 Å². The zero-order valence-corrected chi connectivity index (χ0v) is 16.8. The number of carbonyl (C=O) groups is 2. The molecule has 0 N–H and O–H groups in total. The monoisotopic (exact) mass is 358 g/mol. The number of fused-ring (bicyclic) bond motifs is 5. The molecule has 3 heteroatoms. The first kappa shape index (κ1) is 18.3. The van der Waals surface area contributed by atoms with E-state index in [0.717, 1.165) is 32.1 Å². The first-order chi connectivity index (χ1) is 12.3. The van der Waals surface area contributed by atoms with Gasteiger partial charge in [0, 0.05) is 12.8 Å². The fraction of sp³-hybridized carbons (Fsp3) is 0.826. The first-order valence-electron chi connectivity index (χ1n) is 10.6. The van der Waals surface area contributed by atoms with Gasteiger partial charge in [0.05, 0.1) is 0 Å². The lowest BCUT2D eigenvalue weighted by Crippen LogP contribution is -2.49. The summed E-state index contributed by atoms with van der Waals surface area (Å²) in [5.74, 6) is 2.51. The number of hydrogen-bond donors (Lipinski definition) is 0. The Hall–Kier alpha value is -1.12. The van der Waals surface area contributed by atoms with Crippen molar-refractivity contribution in [3.63, 3.8) is 0 Å². The van der Waals surface area contributed by atoms with Gasteiger partial charge in [0.25, 0.3) is 0 Å². The highest BCUT2D eigenvalue weighted by Crippen LogP contribution is 2.65. The Labute approximate surface area is 157 Å². The first-order valence-corrected chi connectivity index (χ1v) is 10.6. The van der Waals surface area contributed by atoms with Crippen LogP contribution < -0.4 is 0 Å². The lowest BCUT2D eigenvalue weighted by atomic mass is 9.48. The molecule has 144 valence electrons. The quantitative estimate of drug-likeness (QED) is 0.510. The Kier molecular flexibility index (Phi) is 4.36. The average Bonchev–Trinajstić information content (AvgIpc) is 2.92. The van der Waals surface area contributed by atoms with Crippen molar-refractivity contribution >= 4 is 11.8 Å². The lowest BCUT2D eigenvalue weighted by molar-refractivity contribution is -0.151. The predicted molar refractivity (Wildman–Crippen MR) is 101 cm³/mol. The number of allylic oxidation sites excluding steroid dienone is 2. The minimum absolute atomic E-state index is 0.116. The summed E-state index contributed by atoms with van der Waals surface area (Å²) in [5, 5.41) is 0. The largest absolute Gasteiger partial charge is 0.463 e. The van der Waals surface area contributed by atoms with Crippen molar-refractivity contribution in [2.24, 2.45) is 34.5 Å². The molecule has 0 saturated heterocycles. The van der Waals surface area contributed by atoms with Crippen LogP contribution in [0.5, 0.6) is 0 Å². The predicted octanol–water partition coefficient (Wildman–Crippen LogP) is 5.09. The average molecular weight is 359 g/mol. The zero-order chi connectivity index (χ0) is 18.7. The van der Waals surface area contributed by atoms with Gasteiger partial charge < -0.3 is 4.74 Å². The molecule has 4 rings (SSSR count). The lowest BCUT2D eigenvalue weighted by Gasteiger charge is -2.56. The van der Waals surface area contributed by atoms with Crippen molar-refractivity contribution in [1.82, 2.24) is 0 Å². The fourth-order valence-corrected chi connectivity index (χ4v) is 7.50. The van der Waals surface area contributed by atoms with E-state index < -0.39 is 0 Å². The van der Waals surface area contributed by atoms with Gasteiger partial charge in [-0.05, 0) is 86.9 Å². The van der Waals surface area contributed by atoms with Gasteiger partial charge in [0.15, 0.2) is 0 Å². The zero-order valence-electron chi connectivity index (χ0n) is 16.8. The molecule has 0 radical (unpaired) electrons. The molecule has 7 atom stereocenters. The molecule has 4 aliphatic rings. The third kappa shape index (κ3) is 2.60. The Bertz CT molecular complexity index is 650. The van der Waals surface area contributed by atoms with Crippen LogP contribution in [0.15, 0.2) is 11.6 Å². The molecule has 0 aromatic rings. The summed E-state index contributed by atoms with van der Waals surface area (Å²) >= 11 is 0. The molecule has 0 aliphatic heterocycles. The van der Waals surface area contributed by atoms with Crippen molar-refractivity contribution in [3.8, 4) is 0 Å². The maximum absolute atomic E-state index is 12.2. The number of esters is 1. The van der Waals surface area contributed by atoms with Gasteiger partial charge >= 0.3 is 5.97 Å². The van der Waals surface area contributed by atoms with Crippen molar-refractivity contribution < 1.29 is 14.3 Å². The minimum atomic E-state index is -0.138. The fourth-order valence-electron chi connectivity index (χ4n) is 7.50. The topological polar surface area (TPSA) is 43.4 Å². The maximum Gasteiger partial charge on any atom is 0.302 e. The van der Waals surface area contributed by atoms with Crippen molar-refractivity contribution in [3.05, 3.63) is 11.6 Å². The van der Waals surface area contributed by atoms with E-state index >= 15 is 0 Å². The van der Waals surface area contributed by atoms with Crippen LogP contribution in [0.4, 0.5) is 0 Å². The molecule has 0 spiro atoms. The van der Waals surface area contributed by atoms with E-state index in [2.05, 4.69) is 19.9 Å². The van der Waals surface area contributed by atoms with Gasteiger partial charge in [0.2, 0.25) is 0 Å². The normalized spacial score (nSPS) is 47.2. The standard InChI is InChI=1S/C23H34O3/c1-14(24)19-7-8-20-18-6-5-16-13-17(26-15(2)25)9-11-22(16,3)21(18)10-12-23(19,20)4/h10,16-20H,5-9,11-13H2,1-4H3. The molecular weight excluding hydrogens is 324 g/mol. The van der Waals surface area contributed by atoms with Gasteiger partial charge in [-0.25, -0.2) is 0 Å². The van der Waals surface area contributed by atoms with E-state index in [4.69, 9.17) is 4.74 Å². The van der Waals surface area contributed by atoms with E-state index in [0.29, 0.717) is 23.5 Å². The summed E-state index contributed by atoms with van der Waals surface area (Å²) in [4.78, 5) is 23.6. The van der Waals surface area contributed by atoms with Crippen LogP contribution in [0, 0.1) is 34.5 Å². The van der Waals surface area contributed by atoms with E-state index in [9.17, 15) is 9.59 Å². The van der Waals surface area contributed by atoms with Crippen LogP contribution >= 0.6 is 0 Å². The molecular formula is C23H34O3. The number of carbonyl (C=O) groups excluding carboxylic acids is 2. The molecule has 4 aliphatic carbocycles. The van der Waals surface area contributed by atoms with Gasteiger partial charge in [-0.2, -0.15) is 0 Å². The highest BCUT2D eigenvalue weighted by molar-refractivity contribution is 5.79. The van der Waals surface area contributed by atoms with Crippen LogP contribution in [0.25, 0.3) is 0 Å². The number of ketones is 1. The maximum atomic E-state index is 12.2. The van der Waals surface area contributed by atoms with Gasteiger partial charge in [-0.15, -0.1) is 0 Å². The third-order valence-electron chi connectivity index (χ3n) is 8.80. The number of ether oxygens (including phenoxy) is 1. The summed E-state index contributed by atoms with van der Waals surface area (Å²) < 4.78 is 5.55. The van der Waals surface area contributed by atoms with E-state index in [1.807, 2.05) is 0 Å². The Morgan fingerprint density at radius 2 is 1.85 bits per heavy atom. The van der Waals surface area contributed by atoms with Crippen LogP contribution in [0.3, 0.4) is 0 Å². The molecule has 0 bridgehead atoms. The summed E-state index contributed by atoms with van der Waals surface area (Å²) in [6.45, 7) is 8.18. The van der Waals surface area contributed by atoms with Crippen molar-refractivity contribution in [2.75, 3.05) is 0 Å².